The number of hydrogen-bond acceptors (Lipinski definition) is 4. The lowest BCUT2D eigenvalue weighted by molar-refractivity contribution is 0.0930. The van der Waals surface area contributed by atoms with Gasteiger partial charge in [-0.15, -0.1) is 11.3 Å². The summed E-state index contributed by atoms with van der Waals surface area (Å²) >= 11 is 7.52. The van der Waals surface area contributed by atoms with Gasteiger partial charge in [-0.3, -0.25) is 9.59 Å². The summed E-state index contributed by atoms with van der Waals surface area (Å²) < 4.78 is 1.02. The Kier molecular flexibility index (Phi) is 5.05. The third-order valence-electron chi connectivity index (χ3n) is 5.88. The number of fused-ring (bicyclic) bond motifs is 2. The van der Waals surface area contributed by atoms with Gasteiger partial charge in [0.1, 0.15) is 0 Å². The molecule has 2 heterocycles. The molecule has 1 saturated carbocycles. The highest BCUT2D eigenvalue weighted by Crippen LogP contribution is 2.35. The van der Waals surface area contributed by atoms with Crippen molar-refractivity contribution < 1.29 is 4.79 Å². The summed E-state index contributed by atoms with van der Waals surface area (Å²) in [6, 6.07) is 15.4. The number of rotatable bonds is 3. The third-order valence-corrected chi connectivity index (χ3v) is 7.21. The Morgan fingerprint density at radius 3 is 2.63 bits per heavy atom. The van der Waals surface area contributed by atoms with Crippen molar-refractivity contribution in [3.05, 3.63) is 74.5 Å². The molecule has 0 aliphatic heterocycles. The molecule has 2 aromatic carbocycles. The second kappa shape index (κ2) is 7.85. The lowest BCUT2D eigenvalue weighted by atomic mass is 9.82. The van der Waals surface area contributed by atoms with E-state index in [0.717, 1.165) is 46.8 Å². The molecule has 2 N–H and O–H groups in total. The molecule has 0 atom stereocenters. The zero-order valence-corrected chi connectivity index (χ0v) is 17.7. The molecular formula is C23H20ClN3O2S. The zero-order valence-electron chi connectivity index (χ0n) is 16.2. The van der Waals surface area contributed by atoms with Gasteiger partial charge in [-0.2, -0.15) is 5.10 Å². The molecule has 0 spiro atoms. The van der Waals surface area contributed by atoms with Gasteiger partial charge < -0.3 is 5.32 Å². The Morgan fingerprint density at radius 2 is 1.83 bits per heavy atom. The first-order valence-corrected chi connectivity index (χ1v) is 11.3. The predicted molar refractivity (Wildman–Crippen MR) is 122 cm³/mol. The van der Waals surface area contributed by atoms with Crippen LogP contribution < -0.4 is 10.9 Å². The quantitative estimate of drug-likeness (QED) is 0.459. The molecule has 0 unspecified atom stereocenters. The van der Waals surface area contributed by atoms with Crippen molar-refractivity contribution in [2.24, 2.45) is 0 Å². The van der Waals surface area contributed by atoms with Crippen molar-refractivity contribution in [2.75, 3.05) is 0 Å². The fraction of sp³-hybridized carbons (Fsp3) is 0.261. The molecular weight excluding hydrogens is 418 g/mol. The maximum absolute atomic E-state index is 12.7. The molecule has 152 valence electrons. The minimum Gasteiger partial charge on any atom is -0.349 e. The van der Waals surface area contributed by atoms with E-state index < -0.39 is 0 Å². The number of aromatic nitrogens is 2. The van der Waals surface area contributed by atoms with E-state index in [-0.39, 0.29) is 23.4 Å². The summed E-state index contributed by atoms with van der Waals surface area (Å²) in [7, 11) is 0. The van der Waals surface area contributed by atoms with E-state index in [2.05, 4.69) is 15.5 Å². The second-order valence-electron chi connectivity index (χ2n) is 7.80. The molecule has 1 aliphatic carbocycles. The first kappa shape index (κ1) is 19.3. The van der Waals surface area contributed by atoms with Gasteiger partial charge in [-0.25, -0.2) is 5.10 Å². The summed E-state index contributed by atoms with van der Waals surface area (Å²) in [5, 5.41) is 13.5. The molecule has 0 saturated heterocycles. The summed E-state index contributed by atoms with van der Waals surface area (Å²) in [4.78, 5) is 25.5. The van der Waals surface area contributed by atoms with Crippen molar-refractivity contribution in [1.29, 1.82) is 0 Å². The number of H-pyrrole nitrogens is 1. The molecule has 2 aromatic heterocycles. The summed E-state index contributed by atoms with van der Waals surface area (Å²) in [5.41, 5.74) is 0.802. The number of benzene rings is 2. The lowest BCUT2D eigenvalue weighted by Crippen LogP contribution is -2.37. The third kappa shape index (κ3) is 3.61. The number of thiophene rings is 1. The number of halogens is 1. The molecule has 4 aromatic rings. The van der Waals surface area contributed by atoms with Crippen LogP contribution >= 0.6 is 22.9 Å². The Hall–Kier alpha value is -2.70. The highest BCUT2D eigenvalue weighted by molar-refractivity contribution is 7.20. The van der Waals surface area contributed by atoms with Crippen LogP contribution in [0.25, 0.3) is 20.9 Å². The van der Waals surface area contributed by atoms with Crippen LogP contribution in [-0.2, 0) is 0 Å². The number of carbonyl (C=O) groups is 1. The smallest absolute Gasteiger partial charge is 0.272 e. The van der Waals surface area contributed by atoms with Crippen molar-refractivity contribution in [3.8, 4) is 0 Å². The number of nitrogens with one attached hydrogen (secondary N) is 2. The minimum atomic E-state index is -0.153. The van der Waals surface area contributed by atoms with Crippen LogP contribution in [0.1, 0.15) is 47.0 Å². The molecule has 5 rings (SSSR count). The fourth-order valence-electron chi connectivity index (χ4n) is 4.33. The van der Waals surface area contributed by atoms with Crippen LogP contribution in [0, 0.1) is 0 Å². The van der Waals surface area contributed by atoms with Gasteiger partial charge in [0.05, 0.1) is 16.0 Å². The van der Waals surface area contributed by atoms with E-state index in [1.807, 2.05) is 48.5 Å². The van der Waals surface area contributed by atoms with E-state index in [0.29, 0.717) is 15.3 Å². The molecule has 7 heteroatoms. The van der Waals surface area contributed by atoms with Gasteiger partial charge >= 0.3 is 0 Å². The van der Waals surface area contributed by atoms with E-state index in [9.17, 15) is 9.59 Å². The van der Waals surface area contributed by atoms with E-state index >= 15 is 0 Å². The molecule has 0 bridgehead atoms. The van der Waals surface area contributed by atoms with Crippen LogP contribution in [0.5, 0.6) is 0 Å². The first-order chi connectivity index (χ1) is 14.6. The molecule has 1 fully saturated rings. The van der Waals surface area contributed by atoms with Gasteiger partial charge in [-0.05, 0) is 55.3 Å². The SMILES string of the molecule is O=C(N[C@H]1CC[C@H](c2n[nH]c(=O)c3ccccc32)CC1)c1cc2ccc(Cl)cc2s1. The van der Waals surface area contributed by atoms with Crippen LogP contribution in [0.3, 0.4) is 0 Å². The number of aromatic amines is 1. The molecule has 30 heavy (non-hydrogen) atoms. The monoisotopic (exact) mass is 437 g/mol. The standard InChI is InChI=1S/C23H20ClN3O2S/c24-15-8-5-14-11-20(30-19(14)12-15)23(29)25-16-9-6-13(7-10-16)21-17-3-1-2-4-18(17)22(28)27-26-21/h1-5,8,11-13,16H,6-7,9-10H2,(H,25,29)(H,27,28)/t13-,16-. The summed E-state index contributed by atoms with van der Waals surface area (Å²) in [6.45, 7) is 0. The molecule has 0 radical (unpaired) electrons. The highest BCUT2D eigenvalue weighted by atomic mass is 35.5. The van der Waals surface area contributed by atoms with Crippen molar-refractivity contribution in [1.82, 2.24) is 15.5 Å². The topological polar surface area (TPSA) is 74.8 Å². The van der Waals surface area contributed by atoms with Crippen molar-refractivity contribution in [2.45, 2.75) is 37.6 Å². The van der Waals surface area contributed by atoms with Crippen LogP contribution in [0.4, 0.5) is 0 Å². The molecule has 1 amide bonds. The number of nitrogens with zero attached hydrogens (tertiary/aromatic N) is 1. The van der Waals surface area contributed by atoms with Gasteiger partial charge in [0.2, 0.25) is 0 Å². The van der Waals surface area contributed by atoms with E-state index in [4.69, 9.17) is 11.6 Å². The van der Waals surface area contributed by atoms with Gasteiger partial charge in [0.15, 0.2) is 0 Å². The minimum absolute atomic E-state index is 0.0246. The number of carbonyl (C=O) groups excluding carboxylic acids is 1. The first-order valence-electron chi connectivity index (χ1n) is 10.1. The van der Waals surface area contributed by atoms with E-state index in [1.54, 1.807) is 0 Å². The maximum Gasteiger partial charge on any atom is 0.272 e. The van der Waals surface area contributed by atoms with Crippen LogP contribution in [-0.4, -0.2) is 22.1 Å². The Bertz CT molecular complexity index is 1300. The fourth-order valence-corrected chi connectivity index (χ4v) is 5.57. The molecule has 1 aliphatic rings. The van der Waals surface area contributed by atoms with Crippen LogP contribution in [0.2, 0.25) is 5.02 Å². The van der Waals surface area contributed by atoms with Crippen molar-refractivity contribution >= 4 is 49.7 Å². The maximum atomic E-state index is 12.7. The van der Waals surface area contributed by atoms with Crippen LogP contribution in [0.15, 0.2) is 53.3 Å². The van der Waals surface area contributed by atoms with Gasteiger partial charge in [0, 0.05) is 27.1 Å². The van der Waals surface area contributed by atoms with Gasteiger partial charge in [-0.1, -0.05) is 35.9 Å². The Morgan fingerprint density at radius 1 is 1.07 bits per heavy atom. The highest BCUT2D eigenvalue weighted by Gasteiger charge is 2.26. The summed E-state index contributed by atoms with van der Waals surface area (Å²) in [6.07, 6.45) is 3.64. The average Bonchev–Trinajstić information content (AvgIpc) is 3.18. The zero-order chi connectivity index (χ0) is 20.7. The average molecular weight is 438 g/mol. The Labute approximate surface area is 182 Å². The normalized spacial score (nSPS) is 19.2. The summed E-state index contributed by atoms with van der Waals surface area (Å²) in [5.74, 6) is 0.259. The van der Waals surface area contributed by atoms with Gasteiger partial charge in [0.25, 0.3) is 11.5 Å². The Balaban J connectivity index is 1.27. The van der Waals surface area contributed by atoms with Crippen molar-refractivity contribution in [3.63, 3.8) is 0 Å². The molecule has 5 nitrogen and oxygen atoms in total. The number of amides is 1. The predicted octanol–water partition coefficient (Wildman–Crippen LogP) is 5.25. The largest absolute Gasteiger partial charge is 0.349 e. The number of hydrogen-bond donors (Lipinski definition) is 2. The second-order valence-corrected chi connectivity index (χ2v) is 9.32. The van der Waals surface area contributed by atoms with E-state index in [1.165, 1.54) is 11.3 Å². The lowest BCUT2D eigenvalue weighted by Gasteiger charge is -2.29.